The topological polar surface area (TPSA) is 76.7 Å². The van der Waals surface area contributed by atoms with E-state index in [-0.39, 0.29) is 5.91 Å². The molecule has 1 aliphatic heterocycles. The number of hydrogen-bond donors (Lipinski definition) is 3. The van der Waals surface area contributed by atoms with Gasteiger partial charge in [-0.05, 0) is 21.0 Å². The molecule has 2 atom stereocenters. The van der Waals surface area contributed by atoms with Crippen molar-refractivity contribution in [1.29, 1.82) is 0 Å². The summed E-state index contributed by atoms with van der Waals surface area (Å²) in [6, 6.07) is -0.486. The lowest BCUT2D eigenvalue weighted by Crippen LogP contribution is -2.56. The van der Waals surface area contributed by atoms with Crippen LogP contribution in [0.3, 0.4) is 0 Å². The monoisotopic (exact) mass is 271 g/mol. The van der Waals surface area contributed by atoms with Crippen molar-refractivity contribution in [2.24, 2.45) is 0 Å². The minimum Gasteiger partial charge on any atom is -0.341 e. The highest BCUT2D eigenvalue weighted by atomic mass is 16.2. The molecule has 7 nitrogen and oxygen atoms in total. The van der Waals surface area contributed by atoms with Gasteiger partial charge in [-0.1, -0.05) is 0 Å². The predicted octanol–water partition coefficient (Wildman–Crippen LogP) is -1.33. The fourth-order valence-corrected chi connectivity index (χ4v) is 2.01. The summed E-state index contributed by atoms with van der Waals surface area (Å²) >= 11 is 0. The molecule has 1 aliphatic rings. The molecule has 0 bridgehead atoms. The third-order valence-electron chi connectivity index (χ3n) is 3.50. The maximum Gasteiger partial charge on any atom is 0.321 e. The van der Waals surface area contributed by atoms with Crippen molar-refractivity contribution in [3.63, 3.8) is 0 Å². The highest BCUT2D eigenvalue weighted by Gasteiger charge is 2.23. The van der Waals surface area contributed by atoms with Gasteiger partial charge in [0.1, 0.15) is 0 Å². The fraction of sp³-hybridized carbons (Fsp3) is 0.833. The summed E-state index contributed by atoms with van der Waals surface area (Å²) in [5, 5.41) is 7.79. The molecule has 110 valence electrons. The van der Waals surface area contributed by atoms with E-state index in [0.717, 1.165) is 26.2 Å². The van der Waals surface area contributed by atoms with E-state index in [1.165, 1.54) is 7.05 Å². The van der Waals surface area contributed by atoms with Crippen LogP contribution in [0, 0.1) is 0 Å². The Morgan fingerprint density at radius 3 is 2.63 bits per heavy atom. The van der Waals surface area contributed by atoms with Gasteiger partial charge in [-0.2, -0.15) is 0 Å². The van der Waals surface area contributed by atoms with Crippen molar-refractivity contribution >= 4 is 11.9 Å². The van der Waals surface area contributed by atoms with Crippen LogP contribution in [-0.4, -0.2) is 81.1 Å². The quantitative estimate of drug-likeness (QED) is 0.590. The van der Waals surface area contributed by atoms with E-state index < -0.39 is 12.1 Å². The first-order chi connectivity index (χ1) is 8.93. The lowest BCUT2D eigenvalue weighted by atomic mass is 10.1. The van der Waals surface area contributed by atoms with E-state index in [4.69, 9.17) is 0 Å². The Kier molecular flexibility index (Phi) is 6.20. The number of carbonyl (C=O) groups is 2. The third kappa shape index (κ3) is 5.14. The second kappa shape index (κ2) is 7.42. The van der Waals surface area contributed by atoms with Gasteiger partial charge in [-0.3, -0.25) is 15.0 Å². The van der Waals surface area contributed by atoms with Crippen LogP contribution >= 0.6 is 0 Å². The third-order valence-corrected chi connectivity index (χ3v) is 3.50. The fourth-order valence-electron chi connectivity index (χ4n) is 2.01. The Balaban J connectivity index is 2.34. The second-order valence-corrected chi connectivity index (χ2v) is 5.09. The molecule has 19 heavy (non-hydrogen) atoms. The molecular formula is C12H25N5O2. The summed E-state index contributed by atoms with van der Waals surface area (Å²) < 4.78 is 0. The van der Waals surface area contributed by atoms with E-state index in [2.05, 4.69) is 39.8 Å². The van der Waals surface area contributed by atoms with Crippen molar-refractivity contribution in [1.82, 2.24) is 25.8 Å². The van der Waals surface area contributed by atoms with Gasteiger partial charge in [0.25, 0.3) is 0 Å². The molecule has 1 fully saturated rings. The second-order valence-electron chi connectivity index (χ2n) is 5.09. The Hall–Kier alpha value is -1.18. The highest BCUT2D eigenvalue weighted by Crippen LogP contribution is 2.04. The number of urea groups is 1. The lowest BCUT2D eigenvalue weighted by Gasteiger charge is -2.38. The Labute approximate surface area is 114 Å². The van der Waals surface area contributed by atoms with Gasteiger partial charge in [-0.25, -0.2) is 4.79 Å². The molecule has 3 amide bonds. The summed E-state index contributed by atoms with van der Waals surface area (Å²) in [7, 11) is 5.67. The van der Waals surface area contributed by atoms with Crippen molar-refractivity contribution < 1.29 is 9.59 Å². The van der Waals surface area contributed by atoms with Crippen molar-refractivity contribution in [2.45, 2.75) is 19.0 Å². The lowest BCUT2D eigenvalue weighted by molar-refractivity contribution is -0.121. The van der Waals surface area contributed by atoms with Crippen LogP contribution in [0.15, 0.2) is 0 Å². The maximum absolute atomic E-state index is 11.7. The molecule has 1 saturated heterocycles. The van der Waals surface area contributed by atoms with Crippen molar-refractivity contribution in [2.75, 3.05) is 47.3 Å². The van der Waals surface area contributed by atoms with Gasteiger partial charge < -0.3 is 15.5 Å². The summed E-state index contributed by atoms with van der Waals surface area (Å²) in [4.78, 5) is 27.3. The Bertz CT molecular complexity index is 323. The zero-order valence-electron chi connectivity index (χ0n) is 12.2. The largest absolute Gasteiger partial charge is 0.341 e. The number of imide groups is 1. The number of nitrogens with zero attached hydrogens (tertiary/aromatic N) is 2. The summed E-state index contributed by atoms with van der Waals surface area (Å²) in [5.74, 6) is -0.314. The first-order valence-corrected chi connectivity index (χ1v) is 6.58. The van der Waals surface area contributed by atoms with Crippen LogP contribution in [0.4, 0.5) is 4.79 Å². The van der Waals surface area contributed by atoms with Crippen LogP contribution < -0.4 is 16.0 Å². The summed E-state index contributed by atoms with van der Waals surface area (Å²) in [6.45, 7) is 5.56. The van der Waals surface area contributed by atoms with Crippen LogP contribution in [-0.2, 0) is 4.79 Å². The molecule has 1 rings (SSSR count). The average Bonchev–Trinajstić information content (AvgIpc) is 2.39. The number of carbonyl (C=O) groups excluding carboxylic acids is 2. The molecule has 7 heteroatoms. The summed E-state index contributed by atoms with van der Waals surface area (Å²) in [6.07, 6.45) is 0. The minimum absolute atomic E-state index is 0.314. The van der Waals surface area contributed by atoms with Crippen LogP contribution in [0.2, 0.25) is 0 Å². The molecule has 0 aromatic rings. The van der Waals surface area contributed by atoms with E-state index in [0.29, 0.717) is 6.04 Å². The zero-order valence-corrected chi connectivity index (χ0v) is 12.2. The van der Waals surface area contributed by atoms with Gasteiger partial charge in [0.15, 0.2) is 0 Å². The van der Waals surface area contributed by atoms with E-state index in [1.807, 2.05) is 0 Å². The van der Waals surface area contributed by atoms with Gasteiger partial charge in [-0.15, -0.1) is 0 Å². The van der Waals surface area contributed by atoms with Crippen LogP contribution in [0.5, 0.6) is 0 Å². The van der Waals surface area contributed by atoms with E-state index in [9.17, 15) is 9.59 Å². The molecule has 3 N–H and O–H groups in total. The molecule has 2 unspecified atom stereocenters. The molecule has 0 aliphatic carbocycles. The van der Waals surface area contributed by atoms with Crippen LogP contribution in [0.25, 0.3) is 0 Å². The molecule has 0 saturated carbocycles. The predicted molar refractivity (Wildman–Crippen MR) is 74.0 cm³/mol. The average molecular weight is 271 g/mol. The Morgan fingerprint density at radius 2 is 2.00 bits per heavy atom. The molecule has 0 spiro atoms. The SMILES string of the molecule is CNC(=O)NC(=O)C(C)NCC1CN(C)CCN1C. The van der Waals surface area contributed by atoms with Crippen molar-refractivity contribution in [3.05, 3.63) is 0 Å². The number of piperazine rings is 1. The zero-order chi connectivity index (χ0) is 14.4. The Morgan fingerprint density at radius 1 is 1.32 bits per heavy atom. The number of hydrogen-bond acceptors (Lipinski definition) is 5. The van der Waals surface area contributed by atoms with Crippen molar-refractivity contribution in [3.8, 4) is 0 Å². The maximum atomic E-state index is 11.7. The first-order valence-electron chi connectivity index (χ1n) is 6.58. The highest BCUT2D eigenvalue weighted by molar-refractivity contribution is 5.96. The molecule has 0 aromatic heterocycles. The first kappa shape index (κ1) is 15.9. The van der Waals surface area contributed by atoms with Gasteiger partial charge in [0.2, 0.25) is 5.91 Å². The minimum atomic E-state index is -0.479. The number of likely N-dealkylation sites (N-methyl/N-ethyl adjacent to an activating group) is 2. The molecular weight excluding hydrogens is 246 g/mol. The molecule has 0 aromatic carbocycles. The van der Waals surface area contributed by atoms with E-state index >= 15 is 0 Å². The molecule has 1 heterocycles. The van der Waals surface area contributed by atoms with Gasteiger partial charge >= 0.3 is 6.03 Å². The summed E-state index contributed by atoms with van der Waals surface area (Å²) in [5.41, 5.74) is 0. The normalized spacial score (nSPS) is 22.8. The standard InChI is InChI=1S/C12H25N5O2/c1-9(11(18)15-12(19)13-2)14-7-10-8-16(3)5-6-17(10)4/h9-10,14H,5-8H2,1-4H3,(H2,13,15,18,19). The number of nitrogens with one attached hydrogen (secondary N) is 3. The van der Waals surface area contributed by atoms with Gasteiger partial charge in [0.05, 0.1) is 6.04 Å². The van der Waals surface area contributed by atoms with E-state index in [1.54, 1.807) is 6.92 Å². The van der Waals surface area contributed by atoms with Crippen LogP contribution in [0.1, 0.15) is 6.92 Å². The number of amides is 3. The molecule has 0 radical (unpaired) electrons. The smallest absolute Gasteiger partial charge is 0.321 e. The van der Waals surface area contributed by atoms with Gasteiger partial charge in [0, 0.05) is 39.3 Å². The number of rotatable bonds is 4.